The zero-order chi connectivity index (χ0) is 16.4. The van der Waals surface area contributed by atoms with Gasteiger partial charge in [0.05, 0.1) is 11.9 Å². The maximum absolute atomic E-state index is 6.09. The lowest BCUT2D eigenvalue weighted by molar-refractivity contribution is 0.525. The summed E-state index contributed by atoms with van der Waals surface area (Å²) in [7, 11) is 0. The van der Waals surface area contributed by atoms with E-state index in [9.17, 15) is 0 Å². The molecule has 2 heterocycles. The molecule has 1 aromatic heterocycles. The Balaban J connectivity index is 1.40. The fourth-order valence-electron chi connectivity index (χ4n) is 3.81. The van der Waals surface area contributed by atoms with Gasteiger partial charge in [-0.1, -0.05) is 24.3 Å². The summed E-state index contributed by atoms with van der Waals surface area (Å²) >= 11 is 0. The lowest BCUT2D eigenvalue weighted by Crippen LogP contribution is -2.21. The van der Waals surface area contributed by atoms with Gasteiger partial charge in [0.25, 0.3) is 0 Å². The van der Waals surface area contributed by atoms with Gasteiger partial charge < -0.3 is 16.4 Å². The average Bonchev–Trinajstić information content (AvgIpc) is 3.24. The maximum atomic E-state index is 6.09. The van der Waals surface area contributed by atoms with E-state index in [1.54, 1.807) is 6.20 Å². The van der Waals surface area contributed by atoms with Gasteiger partial charge in [-0.3, -0.25) is 0 Å². The fraction of sp³-hybridized carbons (Fsp3) is 0.474. The van der Waals surface area contributed by atoms with Crippen molar-refractivity contribution in [2.24, 2.45) is 5.92 Å². The van der Waals surface area contributed by atoms with Crippen LogP contribution < -0.4 is 16.4 Å². The lowest BCUT2D eigenvalue weighted by Gasteiger charge is -2.15. The Bertz CT molecular complexity index is 684. The SMILES string of the molecule is Nc1cnc(CC[C@@H]2CCNC2)nc1NC1Cc2ccccc2C1. The van der Waals surface area contributed by atoms with Crippen LogP contribution >= 0.6 is 0 Å². The van der Waals surface area contributed by atoms with Gasteiger partial charge in [-0.15, -0.1) is 0 Å². The van der Waals surface area contributed by atoms with Gasteiger partial charge in [0.2, 0.25) is 0 Å². The van der Waals surface area contributed by atoms with Crippen LogP contribution in [0.5, 0.6) is 0 Å². The van der Waals surface area contributed by atoms with Crippen molar-refractivity contribution < 1.29 is 0 Å². The Morgan fingerprint density at radius 2 is 2.00 bits per heavy atom. The first kappa shape index (κ1) is 15.4. The summed E-state index contributed by atoms with van der Waals surface area (Å²) in [4.78, 5) is 9.11. The highest BCUT2D eigenvalue weighted by Crippen LogP contribution is 2.26. The highest BCUT2D eigenvalue weighted by molar-refractivity contribution is 5.60. The number of nitrogen functional groups attached to an aromatic ring is 1. The van der Waals surface area contributed by atoms with E-state index in [1.807, 2.05) is 0 Å². The van der Waals surface area contributed by atoms with Crippen molar-refractivity contribution >= 4 is 11.5 Å². The van der Waals surface area contributed by atoms with Crippen LogP contribution in [0.25, 0.3) is 0 Å². The van der Waals surface area contributed by atoms with E-state index in [0.29, 0.717) is 11.7 Å². The molecule has 1 atom stereocenters. The van der Waals surface area contributed by atoms with E-state index >= 15 is 0 Å². The molecule has 0 amide bonds. The topological polar surface area (TPSA) is 75.9 Å². The Labute approximate surface area is 143 Å². The summed E-state index contributed by atoms with van der Waals surface area (Å²) < 4.78 is 0. The fourth-order valence-corrected chi connectivity index (χ4v) is 3.81. The molecule has 1 aliphatic carbocycles. The molecule has 0 bridgehead atoms. The van der Waals surface area contributed by atoms with E-state index in [0.717, 1.165) is 56.3 Å². The number of hydrogen-bond donors (Lipinski definition) is 3. The van der Waals surface area contributed by atoms with Gasteiger partial charge >= 0.3 is 0 Å². The molecule has 5 heteroatoms. The van der Waals surface area contributed by atoms with Crippen LogP contribution in [-0.2, 0) is 19.3 Å². The van der Waals surface area contributed by atoms with Crippen molar-refractivity contribution in [2.75, 3.05) is 24.1 Å². The predicted octanol–water partition coefficient (Wildman–Crippen LogP) is 2.18. The summed E-state index contributed by atoms with van der Waals surface area (Å²) in [5.41, 5.74) is 9.58. The maximum Gasteiger partial charge on any atom is 0.153 e. The second-order valence-corrected chi connectivity index (χ2v) is 7.01. The normalized spacial score (nSPS) is 20.2. The Hall–Kier alpha value is -2.14. The smallest absolute Gasteiger partial charge is 0.153 e. The summed E-state index contributed by atoms with van der Waals surface area (Å²) in [6, 6.07) is 9.00. The Morgan fingerprint density at radius 3 is 2.71 bits per heavy atom. The number of rotatable bonds is 5. The van der Waals surface area contributed by atoms with Crippen molar-refractivity contribution in [1.82, 2.24) is 15.3 Å². The van der Waals surface area contributed by atoms with Gasteiger partial charge in [-0.05, 0) is 55.8 Å². The molecule has 1 saturated heterocycles. The molecule has 0 saturated carbocycles. The van der Waals surface area contributed by atoms with Crippen LogP contribution in [-0.4, -0.2) is 29.1 Å². The summed E-state index contributed by atoms with van der Waals surface area (Å²) in [6.45, 7) is 2.27. The number of hydrogen-bond acceptors (Lipinski definition) is 5. The standard InChI is InChI=1S/C19H25N5/c20-17-12-22-18(6-5-13-7-8-21-11-13)24-19(17)23-16-9-14-3-1-2-4-15(14)10-16/h1-4,12-13,16,21H,5-11,20H2,(H,22,23,24)/t13-/m1/s1. The van der Waals surface area contributed by atoms with E-state index in [1.165, 1.54) is 17.5 Å². The molecule has 0 unspecified atom stereocenters. The molecule has 5 nitrogen and oxygen atoms in total. The molecule has 24 heavy (non-hydrogen) atoms. The number of benzene rings is 1. The molecule has 4 N–H and O–H groups in total. The van der Waals surface area contributed by atoms with Crippen molar-refractivity contribution in [3.05, 3.63) is 47.4 Å². The summed E-state index contributed by atoms with van der Waals surface area (Å²) in [5.74, 6) is 2.45. The zero-order valence-electron chi connectivity index (χ0n) is 14.0. The minimum Gasteiger partial charge on any atom is -0.394 e. The monoisotopic (exact) mass is 323 g/mol. The molecule has 0 radical (unpaired) electrons. The predicted molar refractivity (Wildman–Crippen MR) is 97.0 cm³/mol. The lowest BCUT2D eigenvalue weighted by atomic mass is 10.0. The zero-order valence-corrected chi connectivity index (χ0v) is 14.0. The molecule has 1 aromatic carbocycles. The van der Waals surface area contributed by atoms with Crippen LogP contribution in [0, 0.1) is 5.92 Å². The van der Waals surface area contributed by atoms with Crippen molar-refractivity contribution in [1.29, 1.82) is 0 Å². The molecular weight excluding hydrogens is 298 g/mol. The molecular formula is C19H25N5. The average molecular weight is 323 g/mol. The number of aromatic nitrogens is 2. The minimum atomic E-state index is 0.367. The highest BCUT2D eigenvalue weighted by Gasteiger charge is 2.22. The third-order valence-electron chi connectivity index (χ3n) is 5.20. The molecule has 2 aliphatic rings. The van der Waals surface area contributed by atoms with Gasteiger partial charge in [0.1, 0.15) is 5.82 Å². The Morgan fingerprint density at radius 1 is 1.21 bits per heavy atom. The minimum absolute atomic E-state index is 0.367. The van der Waals surface area contributed by atoms with Gasteiger partial charge in [-0.25, -0.2) is 9.97 Å². The molecule has 4 rings (SSSR count). The number of anilines is 2. The largest absolute Gasteiger partial charge is 0.394 e. The number of nitrogens with one attached hydrogen (secondary N) is 2. The second-order valence-electron chi connectivity index (χ2n) is 7.01. The quantitative estimate of drug-likeness (QED) is 0.786. The van der Waals surface area contributed by atoms with Crippen LogP contribution in [0.1, 0.15) is 29.8 Å². The van der Waals surface area contributed by atoms with Gasteiger partial charge in [0, 0.05) is 12.5 Å². The van der Waals surface area contributed by atoms with Crippen LogP contribution in [0.3, 0.4) is 0 Å². The molecule has 2 aromatic rings. The molecule has 1 fully saturated rings. The second kappa shape index (κ2) is 6.77. The first-order chi connectivity index (χ1) is 11.8. The first-order valence-electron chi connectivity index (χ1n) is 8.93. The van der Waals surface area contributed by atoms with Crippen molar-refractivity contribution in [3.63, 3.8) is 0 Å². The molecule has 1 aliphatic heterocycles. The van der Waals surface area contributed by atoms with Crippen LogP contribution in [0.15, 0.2) is 30.5 Å². The Kier molecular flexibility index (Phi) is 4.34. The van der Waals surface area contributed by atoms with Gasteiger partial charge in [0.15, 0.2) is 5.82 Å². The first-order valence-corrected chi connectivity index (χ1v) is 8.93. The van der Waals surface area contributed by atoms with Crippen molar-refractivity contribution in [3.8, 4) is 0 Å². The third-order valence-corrected chi connectivity index (χ3v) is 5.20. The van der Waals surface area contributed by atoms with E-state index in [4.69, 9.17) is 10.7 Å². The van der Waals surface area contributed by atoms with E-state index in [-0.39, 0.29) is 0 Å². The summed E-state index contributed by atoms with van der Waals surface area (Å²) in [5, 5.41) is 6.95. The molecule has 126 valence electrons. The highest BCUT2D eigenvalue weighted by atomic mass is 15.1. The van der Waals surface area contributed by atoms with Gasteiger partial charge in [-0.2, -0.15) is 0 Å². The third kappa shape index (κ3) is 3.36. The van der Waals surface area contributed by atoms with Crippen LogP contribution in [0.2, 0.25) is 0 Å². The number of aryl methyl sites for hydroxylation is 1. The van der Waals surface area contributed by atoms with E-state index in [2.05, 4.69) is 39.9 Å². The number of nitrogens with zero attached hydrogens (tertiary/aromatic N) is 2. The van der Waals surface area contributed by atoms with Crippen LogP contribution in [0.4, 0.5) is 11.5 Å². The molecule has 0 spiro atoms. The van der Waals surface area contributed by atoms with Crippen molar-refractivity contribution in [2.45, 2.75) is 38.1 Å². The summed E-state index contributed by atoms with van der Waals surface area (Å²) in [6.07, 6.45) is 7.14. The number of fused-ring (bicyclic) bond motifs is 1. The number of nitrogens with two attached hydrogens (primary N) is 1. The van der Waals surface area contributed by atoms with E-state index < -0.39 is 0 Å².